The summed E-state index contributed by atoms with van der Waals surface area (Å²) >= 11 is 0. The summed E-state index contributed by atoms with van der Waals surface area (Å²) in [5, 5.41) is 0. The van der Waals surface area contributed by atoms with Gasteiger partial charge in [-0.2, -0.15) is 0 Å². The van der Waals surface area contributed by atoms with Crippen molar-refractivity contribution in [2.75, 3.05) is 0 Å². The predicted octanol–water partition coefficient (Wildman–Crippen LogP) is 5.06. The Kier molecular flexibility index (Phi) is 4.14. The van der Waals surface area contributed by atoms with E-state index in [1.54, 1.807) is 26.0 Å². The van der Waals surface area contributed by atoms with Crippen LogP contribution in [0.3, 0.4) is 0 Å². The lowest BCUT2D eigenvalue weighted by Gasteiger charge is -2.25. The molecule has 0 fully saturated rings. The van der Waals surface area contributed by atoms with E-state index in [1.165, 1.54) is 0 Å². The van der Waals surface area contributed by atoms with Crippen molar-refractivity contribution in [3.63, 3.8) is 0 Å². The standard InChI is InChI=1S/C21H22F2O2/c1-12-6-8-14-10-17-5-3-4-16(24-20(14)18(12)22)11-15-9-7-13(2)19(23)21(15)25-17/h6-9,16-17H,3-5,10-11H2,1-2H3/t16-,17?/m1/s1. The Morgan fingerprint density at radius 1 is 0.760 bits per heavy atom. The van der Waals surface area contributed by atoms with Crippen LogP contribution in [0.15, 0.2) is 24.3 Å². The maximum absolute atomic E-state index is 14.7. The summed E-state index contributed by atoms with van der Waals surface area (Å²) in [6.45, 7) is 3.49. The summed E-state index contributed by atoms with van der Waals surface area (Å²) in [5.74, 6) is 0.103. The molecule has 0 saturated carbocycles. The molecule has 0 spiro atoms. The molecule has 2 bridgehead atoms. The fourth-order valence-corrected chi connectivity index (χ4v) is 3.77. The molecule has 2 aliphatic rings. The van der Waals surface area contributed by atoms with Crippen LogP contribution in [0.4, 0.5) is 8.78 Å². The molecule has 2 aromatic carbocycles. The van der Waals surface area contributed by atoms with E-state index in [4.69, 9.17) is 9.47 Å². The number of aryl methyl sites for hydroxylation is 2. The van der Waals surface area contributed by atoms with Crippen molar-refractivity contribution < 1.29 is 18.3 Å². The zero-order valence-corrected chi connectivity index (χ0v) is 14.6. The van der Waals surface area contributed by atoms with Crippen LogP contribution >= 0.6 is 0 Å². The number of hydrogen-bond donors (Lipinski definition) is 0. The third-order valence-electron chi connectivity index (χ3n) is 5.26. The van der Waals surface area contributed by atoms with Gasteiger partial charge in [0, 0.05) is 24.0 Å². The van der Waals surface area contributed by atoms with Crippen molar-refractivity contribution in [1.82, 2.24) is 0 Å². The summed E-state index contributed by atoms with van der Waals surface area (Å²) < 4.78 is 41.6. The molecular weight excluding hydrogens is 322 g/mol. The molecule has 4 rings (SSSR count). The summed E-state index contributed by atoms with van der Waals surface area (Å²) in [5.41, 5.74) is 2.76. The van der Waals surface area contributed by atoms with Gasteiger partial charge in [0.15, 0.2) is 23.1 Å². The molecule has 2 aliphatic heterocycles. The highest BCUT2D eigenvalue weighted by atomic mass is 19.1. The van der Waals surface area contributed by atoms with Gasteiger partial charge in [-0.1, -0.05) is 24.3 Å². The Hall–Kier alpha value is -2.10. The molecule has 0 aromatic heterocycles. The van der Waals surface area contributed by atoms with Crippen LogP contribution in [0.25, 0.3) is 0 Å². The topological polar surface area (TPSA) is 18.5 Å². The van der Waals surface area contributed by atoms with Crippen molar-refractivity contribution in [1.29, 1.82) is 0 Å². The van der Waals surface area contributed by atoms with Crippen LogP contribution in [0.5, 0.6) is 11.5 Å². The van der Waals surface area contributed by atoms with Gasteiger partial charge in [0.1, 0.15) is 12.2 Å². The van der Waals surface area contributed by atoms with Crippen molar-refractivity contribution in [2.45, 2.75) is 58.2 Å². The Bertz CT molecular complexity index is 749. The number of halogens is 2. The molecule has 2 nitrogen and oxygen atoms in total. The molecule has 2 atom stereocenters. The van der Waals surface area contributed by atoms with Gasteiger partial charge in [0.05, 0.1) is 0 Å². The first-order valence-electron chi connectivity index (χ1n) is 8.92. The third-order valence-corrected chi connectivity index (χ3v) is 5.26. The molecule has 0 saturated heterocycles. The normalized spacial score (nSPS) is 22.2. The average molecular weight is 344 g/mol. The van der Waals surface area contributed by atoms with E-state index in [0.29, 0.717) is 35.5 Å². The third kappa shape index (κ3) is 2.99. The van der Waals surface area contributed by atoms with E-state index in [9.17, 15) is 8.78 Å². The van der Waals surface area contributed by atoms with E-state index in [0.717, 1.165) is 30.4 Å². The maximum atomic E-state index is 14.7. The molecule has 2 heterocycles. The van der Waals surface area contributed by atoms with Crippen LogP contribution in [0.1, 0.15) is 41.5 Å². The quantitative estimate of drug-likeness (QED) is 0.665. The van der Waals surface area contributed by atoms with Crippen molar-refractivity contribution in [2.24, 2.45) is 0 Å². The van der Waals surface area contributed by atoms with Gasteiger partial charge in [-0.15, -0.1) is 0 Å². The Morgan fingerprint density at radius 3 is 1.64 bits per heavy atom. The monoisotopic (exact) mass is 344 g/mol. The van der Waals surface area contributed by atoms with Gasteiger partial charge in [-0.25, -0.2) is 8.78 Å². The average Bonchev–Trinajstić information content (AvgIpc) is 2.73. The SMILES string of the molecule is Cc1ccc2c(c1F)OC1CCC[C@H](C2)Oc2c(ccc(C)c2F)C1. The molecule has 0 radical (unpaired) electrons. The first-order chi connectivity index (χ1) is 12.0. The number of ether oxygens (including phenoxy) is 2. The summed E-state index contributed by atoms with van der Waals surface area (Å²) in [6.07, 6.45) is 3.20. The maximum Gasteiger partial charge on any atom is 0.168 e. The van der Waals surface area contributed by atoms with Gasteiger partial charge >= 0.3 is 0 Å². The Labute approximate surface area is 146 Å². The smallest absolute Gasteiger partial charge is 0.168 e. The van der Waals surface area contributed by atoms with E-state index in [1.807, 2.05) is 12.1 Å². The molecule has 2 aromatic rings. The molecule has 0 amide bonds. The number of rotatable bonds is 0. The van der Waals surface area contributed by atoms with Crippen LogP contribution in [0, 0.1) is 25.5 Å². The zero-order valence-electron chi connectivity index (χ0n) is 14.6. The summed E-state index contributed by atoms with van der Waals surface area (Å²) in [4.78, 5) is 0. The highest BCUT2D eigenvalue weighted by molar-refractivity contribution is 5.43. The van der Waals surface area contributed by atoms with Gasteiger partial charge in [0.2, 0.25) is 0 Å². The Morgan fingerprint density at radius 2 is 1.20 bits per heavy atom. The van der Waals surface area contributed by atoms with Crippen LogP contribution in [-0.4, -0.2) is 12.2 Å². The molecule has 132 valence electrons. The van der Waals surface area contributed by atoms with Crippen LogP contribution in [-0.2, 0) is 12.8 Å². The van der Waals surface area contributed by atoms with Gasteiger partial charge < -0.3 is 9.47 Å². The fourth-order valence-electron chi connectivity index (χ4n) is 3.77. The van der Waals surface area contributed by atoms with E-state index in [2.05, 4.69) is 0 Å². The molecule has 25 heavy (non-hydrogen) atoms. The fraction of sp³-hybridized carbons (Fsp3) is 0.429. The largest absolute Gasteiger partial charge is 0.487 e. The van der Waals surface area contributed by atoms with E-state index >= 15 is 0 Å². The van der Waals surface area contributed by atoms with Gasteiger partial charge in [-0.3, -0.25) is 0 Å². The molecular formula is C21H22F2O2. The minimum atomic E-state index is -0.293. The lowest BCUT2D eigenvalue weighted by Crippen LogP contribution is -2.24. The van der Waals surface area contributed by atoms with Crippen LogP contribution < -0.4 is 9.47 Å². The Balaban J connectivity index is 1.83. The second kappa shape index (κ2) is 6.32. The van der Waals surface area contributed by atoms with Crippen molar-refractivity contribution in [3.8, 4) is 11.5 Å². The minimum Gasteiger partial charge on any atom is -0.487 e. The van der Waals surface area contributed by atoms with Crippen molar-refractivity contribution >= 4 is 0 Å². The predicted molar refractivity (Wildman–Crippen MR) is 92.4 cm³/mol. The molecule has 0 N–H and O–H groups in total. The first kappa shape index (κ1) is 16.4. The highest BCUT2D eigenvalue weighted by Gasteiger charge is 2.29. The number of fused-ring (bicyclic) bond motifs is 6. The lowest BCUT2D eigenvalue weighted by atomic mass is 10.0. The lowest BCUT2D eigenvalue weighted by molar-refractivity contribution is 0.179. The van der Waals surface area contributed by atoms with E-state index < -0.39 is 0 Å². The second-order valence-corrected chi connectivity index (χ2v) is 7.19. The molecule has 1 unspecified atom stereocenters. The van der Waals surface area contributed by atoms with Crippen LogP contribution in [0.2, 0.25) is 0 Å². The number of hydrogen-bond acceptors (Lipinski definition) is 2. The second-order valence-electron chi connectivity index (χ2n) is 7.19. The minimum absolute atomic E-state index is 0.184. The zero-order chi connectivity index (χ0) is 17.6. The first-order valence-corrected chi connectivity index (χ1v) is 8.92. The van der Waals surface area contributed by atoms with Crippen molar-refractivity contribution in [3.05, 3.63) is 58.2 Å². The number of benzene rings is 2. The summed E-state index contributed by atoms with van der Waals surface area (Å²) in [7, 11) is 0. The van der Waals surface area contributed by atoms with Gasteiger partial charge in [0.25, 0.3) is 0 Å². The highest BCUT2D eigenvalue weighted by Crippen LogP contribution is 2.37. The molecule has 4 heteroatoms. The molecule has 0 aliphatic carbocycles. The summed E-state index contributed by atoms with van der Waals surface area (Å²) in [6, 6.07) is 7.35. The van der Waals surface area contributed by atoms with Gasteiger partial charge in [-0.05, 0) is 44.2 Å². The van der Waals surface area contributed by atoms with E-state index in [-0.39, 0.29) is 23.8 Å².